The van der Waals surface area contributed by atoms with Crippen molar-refractivity contribution in [2.75, 3.05) is 11.9 Å². The summed E-state index contributed by atoms with van der Waals surface area (Å²) in [6, 6.07) is 7.75. The van der Waals surface area contributed by atoms with Gasteiger partial charge in [-0.25, -0.2) is 0 Å². The Bertz CT molecular complexity index is 463. The lowest BCUT2D eigenvalue weighted by Gasteiger charge is -2.10. The van der Waals surface area contributed by atoms with Crippen LogP contribution in [0, 0.1) is 24.2 Å². The van der Waals surface area contributed by atoms with E-state index >= 15 is 0 Å². The second-order valence-electron chi connectivity index (χ2n) is 4.47. The van der Waals surface area contributed by atoms with Gasteiger partial charge in [-0.15, -0.1) is 0 Å². The number of carboxylic acids is 1. The summed E-state index contributed by atoms with van der Waals surface area (Å²) in [6.45, 7) is 4.35. The van der Waals surface area contributed by atoms with Crippen molar-refractivity contribution >= 4 is 11.7 Å². The van der Waals surface area contributed by atoms with Crippen LogP contribution in [0.1, 0.15) is 30.9 Å². The molecule has 1 aromatic carbocycles. The molecule has 18 heavy (non-hydrogen) atoms. The van der Waals surface area contributed by atoms with Gasteiger partial charge in [0.15, 0.2) is 0 Å². The molecular formula is C14H18N2O2. The lowest BCUT2D eigenvalue weighted by molar-refractivity contribution is -0.141. The van der Waals surface area contributed by atoms with Crippen LogP contribution in [-0.2, 0) is 4.79 Å². The molecule has 0 aliphatic carbocycles. The molecular weight excluding hydrogens is 228 g/mol. The molecule has 96 valence electrons. The van der Waals surface area contributed by atoms with E-state index in [1.807, 2.05) is 19.1 Å². The van der Waals surface area contributed by atoms with Crippen LogP contribution in [0.25, 0.3) is 0 Å². The van der Waals surface area contributed by atoms with Crippen molar-refractivity contribution in [1.82, 2.24) is 0 Å². The van der Waals surface area contributed by atoms with E-state index in [0.29, 0.717) is 18.5 Å². The van der Waals surface area contributed by atoms with Gasteiger partial charge in [-0.2, -0.15) is 5.26 Å². The topological polar surface area (TPSA) is 73.1 Å². The molecule has 0 heterocycles. The normalized spacial score (nSPS) is 11.6. The molecule has 1 rings (SSSR count). The Morgan fingerprint density at radius 2 is 2.28 bits per heavy atom. The Morgan fingerprint density at radius 1 is 1.56 bits per heavy atom. The summed E-state index contributed by atoms with van der Waals surface area (Å²) < 4.78 is 0. The smallest absolute Gasteiger partial charge is 0.306 e. The monoisotopic (exact) mass is 246 g/mol. The fourth-order valence-electron chi connectivity index (χ4n) is 1.66. The molecule has 0 saturated heterocycles. The molecule has 0 spiro atoms. The number of hydrogen-bond acceptors (Lipinski definition) is 3. The maximum absolute atomic E-state index is 10.6. The summed E-state index contributed by atoms with van der Waals surface area (Å²) in [7, 11) is 0. The van der Waals surface area contributed by atoms with Gasteiger partial charge in [-0.05, 0) is 37.5 Å². The van der Waals surface area contributed by atoms with E-state index in [9.17, 15) is 4.79 Å². The first-order valence-electron chi connectivity index (χ1n) is 6.02. The first kappa shape index (κ1) is 14.0. The molecule has 0 aromatic heterocycles. The van der Waals surface area contributed by atoms with E-state index in [0.717, 1.165) is 17.7 Å². The van der Waals surface area contributed by atoms with Crippen molar-refractivity contribution in [1.29, 1.82) is 5.26 Å². The number of hydrogen-bond donors (Lipinski definition) is 2. The zero-order chi connectivity index (χ0) is 13.5. The van der Waals surface area contributed by atoms with E-state index in [1.165, 1.54) is 0 Å². The highest BCUT2D eigenvalue weighted by Gasteiger charge is 2.09. The number of aryl methyl sites for hydroxylation is 1. The van der Waals surface area contributed by atoms with Crippen molar-refractivity contribution < 1.29 is 9.90 Å². The Morgan fingerprint density at radius 3 is 2.89 bits per heavy atom. The maximum atomic E-state index is 10.6. The number of rotatable bonds is 6. The molecule has 4 heteroatoms. The molecule has 0 bridgehead atoms. The average Bonchev–Trinajstić information content (AvgIpc) is 2.34. The molecule has 0 amide bonds. The van der Waals surface area contributed by atoms with Gasteiger partial charge in [0.1, 0.15) is 6.07 Å². The van der Waals surface area contributed by atoms with Gasteiger partial charge in [-0.3, -0.25) is 4.79 Å². The highest BCUT2D eigenvalue weighted by Crippen LogP contribution is 2.17. The number of carbonyl (C=O) groups is 1. The Labute approximate surface area is 107 Å². The number of nitrogens with zero attached hydrogens (tertiary/aromatic N) is 1. The van der Waals surface area contributed by atoms with Crippen LogP contribution in [-0.4, -0.2) is 17.6 Å². The molecule has 0 saturated carbocycles. The fourth-order valence-corrected chi connectivity index (χ4v) is 1.66. The van der Waals surface area contributed by atoms with Crippen LogP contribution in [0.5, 0.6) is 0 Å². The third-order valence-electron chi connectivity index (χ3n) is 2.85. The van der Waals surface area contributed by atoms with Crippen molar-refractivity contribution in [3.8, 4) is 6.07 Å². The Balaban J connectivity index is 2.47. The second kappa shape index (κ2) is 6.65. The summed E-state index contributed by atoms with van der Waals surface area (Å²) >= 11 is 0. The van der Waals surface area contributed by atoms with Crippen LogP contribution in [0.3, 0.4) is 0 Å². The minimum absolute atomic E-state index is 0.320. The molecule has 1 aromatic rings. The lowest BCUT2D eigenvalue weighted by atomic mass is 10.1. The van der Waals surface area contributed by atoms with Crippen LogP contribution in [0.2, 0.25) is 0 Å². The van der Waals surface area contributed by atoms with Gasteiger partial charge in [0.05, 0.1) is 17.2 Å². The van der Waals surface area contributed by atoms with Gasteiger partial charge in [0, 0.05) is 6.54 Å². The summed E-state index contributed by atoms with van der Waals surface area (Å²) in [6.07, 6.45) is 1.41. The second-order valence-corrected chi connectivity index (χ2v) is 4.47. The minimum atomic E-state index is -0.761. The van der Waals surface area contributed by atoms with E-state index < -0.39 is 5.97 Å². The van der Waals surface area contributed by atoms with E-state index in [4.69, 9.17) is 10.4 Å². The zero-order valence-electron chi connectivity index (χ0n) is 10.7. The standard InChI is InChI=1S/C14H18N2O2/c1-10-5-6-12(9-15)13(8-10)16-7-3-4-11(2)14(17)18/h5-6,8,11,16H,3-4,7H2,1-2H3,(H,17,18). The molecule has 1 atom stereocenters. The van der Waals surface area contributed by atoms with Crippen molar-refractivity contribution in [2.45, 2.75) is 26.7 Å². The predicted molar refractivity (Wildman–Crippen MR) is 70.4 cm³/mol. The van der Waals surface area contributed by atoms with Crippen molar-refractivity contribution in [2.24, 2.45) is 5.92 Å². The van der Waals surface area contributed by atoms with E-state index in [1.54, 1.807) is 13.0 Å². The fraction of sp³-hybridized carbons (Fsp3) is 0.429. The molecule has 0 aliphatic heterocycles. The Kier molecular flexibility index (Phi) is 5.19. The third-order valence-corrected chi connectivity index (χ3v) is 2.85. The summed E-state index contributed by atoms with van der Waals surface area (Å²) in [5.41, 5.74) is 2.53. The quantitative estimate of drug-likeness (QED) is 0.757. The van der Waals surface area contributed by atoms with Gasteiger partial charge < -0.3 is 10.4 Å². The zero-order valence-corrected chi connectivity index (χ0v) is 10.7. The number of carboxylic acid groups (broad SMARTS) is 1. The van der Waals surface area contributed by atoms with Gasteiger partial charge in [-0.1, -0.05) is 13.0 Å². The lowest BCUT2D eigenvalue weighted by Crippen LogP contribution is -2.12. The van der Waals surface area contributed by atoms with Crippen molar-refractivity contribution in [3.05, 3.63) is 29.3 Å². The molecule has 0 radical (unpaired) electrons. The minimum Gasteiger partial charge on any atom is -0.481 e. The molecule has 1 unspecified atom stereocenters. The van der Waals surface area contributed by atoms with Crippen LogP contribution >= 0.6 is 0 Å². The van der Waals surface area contributed by atoms with Gasteiger partial charge in [0.2, 0.25) is 0 Å². The summed E-state index contributed by atoms with van der Waals surface area (Å²) in [4.78, 5) is 10.6. The third kappa shape index (κ3) is 4.10. The highest BCUT2D eigenvalue weighted by atomic mass is 16.4. The van der Waals surface area contributed by atoms with Crippen LogP contribution < -0.4 is 5.32 Å². The van der Waals surface area contributed by atoms with E-state index in [-0.39, 0.29) is 5.92 Å². The van der Waals surface area contributed by atoms with Gasteiger partial charge >= 0.3 is 5.97 Å². The highest BCUT2D eigenvalue weighted by molar-refractivity contribution is 5.69. The number of aliphatic carboxylic acids is 1. The first-order valence-corrected chi connectivity index (χ1v) is 6.02. The maximum Gasteiger partial charge on any atom is 0.306 e. The number of benzene rings is 1. The van der Waals surface area contributed by atoms with Crippen LogP contribution in [0.4, 0.5) is 5.69 Å². The first-order chi connectivity index (χ1) is 8.54. The molecule has 0 fully saturated rings. The number of nitrogens with one attached hydrogen (secondary N) is 1. The molecule has 0 aliphatic rings. The van der Waals surface area contributed by atoms with Crippen LogP contribution in [0.15, 0.2) is 18.2 Å². The number of anilines is 1. The SMILES string of the molecule is Cc1ccc(C#N)c(NCCCC(C)C(=O)O)c1. The molecule has 4 nitrogen and oxygen atoms in total. The molecule has 2 N–H and O–H groups in total. The largest absolute Gasteiger partial charge is 0.481 e. The average molecular weight is 246 g/mol. The predicted octanol–water partition coefficient (Wildman–Crippen LogP) is 2.78. The Hall–Kier alpha value is -2.02. The van der Waals surface area contributed by atoms with Crippen molar-refractivity contribution in [3.63, 3.8) is 0 Å². The summed E-state index contributed by atoms with van der Waals surface area (Å²) in [5.74, 6) is -1.08. The number of nitriles is 1. The van der Waals surface area contributed by atoms with Gasteiger partial charge in [0.25, 0.3) is 0 Å². The summed E-state index contributed by atoms with van der Waals surface area (Å²) in [5, 5.41) is 20.9. The van der Waals surface area contributed by atoms with E-state index in [2.05, 4.69) is 11.4 Å².